The quantitative estimate of drug-likeness (QED) is 0.765. The van der Waals surface area contributed by atoms with Crippen LogP contribution in [0.4, 0.5) is 8.78 Å². The lowest BCUT2D eigenvalue weighted by Crippen LogP contribution is -2.40. The maximum atomic E-state index is 12.3. The first kappa shape index (κ1) is 16.8. The Kier molecular flexibility index (Phi) is 7.43. The second-order valence-electron chi connectivity index (χ2n) is 4.22. The summed E-state index contributed by atoms with van der Waals surface area (Å²) in [4.78, 5) is 12.9. The Morgan fingerprint density at radius 2 is 2.10 bits per heavy atom. The Morgan fingerprint density at radius 1 is 1.40 bits per heavy atom. The molecule has 0 atom stereocenters. The summed E-state index contributed by atoms with van der Waals surface area (Å²) in [7, 11) is 0. The van der Waals surface area contributed by atoms with Gasteiger partial charge in [0.2, 0.25) is 5.91 Å². The van der Waals surface area contributed by atoms with Crippen LogP contribution in [0.3, 0.4) is 0 Å². The number of nitrogens with zero attached hydrogens (tertiary/aromatic N) is 1. The van der Waals surface area contributed by atoms with Crippen molar-refractivity contribution in [1.29, 1.82) is 0 Å². The zero-order valence-corrected chi connectivity index (χ0v) is 11.6. The molecule has 0 aromatic heterocycles. The molecule has 0 aliphatic heterocycles. The molecule has 20 heavy (non-hydrogen) atoms. The zero-order valence-electron chi connectivity index (χ0n) is 10.9. The number of aliphatic hydroxyl groups excluding tert-OH is 1. The van der Waals surface area contributed by atoms with Crippen molar-refractivity contribution >= 4 is 17.5 Å². The molecule has 1 aromatic carbocycles. The van der Waals surface area contributed by atoms with Gasteiger partial charge in [-0.1, -0.05) is 29.8 Å². The molecule has 4 nitrogen and oxygen atoms in total. The number of carbonyl (C=O) groups excluding carboxylic acids is 1. The summed E-state index contributed by atoms with van der Waals surface area (Å²) in [5.41, 5.74) is 0.755. The second-order valence-corrected chi connectivity index (χ2v) is 4.63. The highest BCUT2D eigenvalue weighted by Gasteiger charge is 2.15. The van der Waals surface area contributed by atoms with Crippen molar-refractivity contribution in [3.63, 3.8) is 0 Å². The lowest BCUT2D eigenvalue weighted by Gasteiger charge is -2.20. The van der Waals surface area contributed by atoms with Crippen molar-refractivity contribution in [2.75, 3.05) is 26.2 Å². The van der Waals surface area contributed by atoms with Crippen LogP contribution in [0.25, 0.3) is 0 Å². The Bertz CT molecular complexity index is 433. The summed E-state index contributed by atoms with van der Waals surface area (Å²) < 4.78 is 24.6. The van der Waals surface area contributed by atoms with E-state index >= 15 is 0 Å². The first-order valence-corrected chi connectivity index (χ1v) is 6.52. The highest BCUT2D eigenvalue weighted by molar-refractivity contribution is 6.31. The molecule has 7 heteroatoms. The molecule has 0 saturated heterocycles. The van der Waals surface area contributed by atoms with Gasteiger partial charge in [0, 0.05) is 18.1 Å². The first-order chi connectivity index (χ1) is 9.52. The van der Waals surface area contributed by atoms with E-state index in [1.165, 1.54) is 4.90 Å². The number of nitrogens with one attached hydrogen (secondary N) is 1. The number of rotatable bonds is 8. The molecule has 0 aliphatic rings. The number of amides is 1. The van der Waals surface area contributed by atoms with Crippen molar-refractivity contribution in [3.05, 3.63) is 34.9 Å². The lowest BCUT2D eigenvalue weighted by molar-refractivity contribution is -0.122. The summed E-state index contributed by atoms with van der Waals surface area (Å²) in [5, 5.41) is 11.9. The minimum atomic E-state index is -2.54. The Morgan fingerprint density at radius 3 is 2.70 bits per heavy atom. The molecule has 0 fully saturated rings. The fourth-order valence-electron chi connectivity index (χ4n) is 1.67. The molecule has 0 aliphatic carbocycles. The summed E-state index contributed by atoms with van der Waals surface area (Å²) >= 11 is 5.94. The molecule has 0 radical (unpaired) electrons. The minimum Gasteiger partial charge on any atom is -0.395 e. The predicted molar refractivity (Wildman–Crippen MR) is 72.8 cm³/mol. The third kappa shape index (κ3) is 6.27. The summed E-state index contributed by atoms with van der Waals surface area (Å²) in [6.45, 7) is -0.732. The van der Waals surface area contributed by atoms with Gasteiger partial charge < -0.3 is 10.4 Å². The van der Waals surface area contributed by atoms with E-state index < -0.39 is 13.0 Å². The molecular weight excluding hydrogens is 290 g/mol. The van der Waals surface area contributed by atoms with Gasteiger partial charge >= 0.3 is 0 Å². The normalized spacial score (nSPS) is 11.1. The molecule has 0 unspecified atom stereocenters. The van der Waals surface area contributed by atoms with Gasteiger partial charge in [0.05, 0.1) is 19.7 Å². The minimum absolute atomic E-state index is 0.0316. The third-order valence-corrected chi connectivity index (χ3v) is 2.98. The SMILES string of the molecule is O=C(CN(CCO)CC(F)F)NCc1ccccc1Cl. The molecule has 0 bridgehead atoms. The Labute approximate surface area is 121 Å². The van der Waals surface area contributed by atoms with E-state index in [1.807, 2.05) is 0 Å². The molecule has 1 rings (SSSR count). The van der Waals surface area contributed by atoms with Crippen molar-refractivity contribution in [1.82, 2.24) is 10.2 Å². The van der Waals surface area contributed by atoms with Gasteiger partial charge in [0.15, 0.2) is 0 Å². The molecule has 0 spiro atoms. The van der Waals surface area contributed by atoms with Crippen molar-refractivity contribution in [2.45, 2.75) is 13.0 Å². The fraction of sp³-hybridized carbons (Fsp3) is 0.462. The standard InChI is InChI=1S/C13H17ClF2N2O2/c14-11-4-2-1-3-10(11)7-17-13(20)9-18(5-6-19)8-12(15)16/h1-4,12,19H,5-9H2,(H,17,20). The molecule has 1 amide bonds. The van der Waals surface area contributed by atoms with Gasteiger partial charge in [0.25, 0.3) is 6.43 Å². The Hall–Kier alpha value is -1.24. The predicted octanol–water partition coefficient (Wildman–Crippen LogP) is 1.52. The smallest absolute Gasteiger partial charge is 0.251 e. The van der Waals surface area contributed by atoms with E-state index in [1.54, 1.807) is 24.3 Å². The number of hydrogen-bond donors (Lipinski definition) is 2. The van der Waals surface area contributed by atoms with Crippen LogP contribution < -0.4 is 5.32 Å². The van der Waals surface area contributed by atoms with Gasteiger partial charge in [-0.3, -0.25) is 9.69 Å². The largest absolute Gasteiger partial charge is 0.395 e. The van der Waals surface area contributed by atoms with E-state index in [9.17, 15) is 13.6 Å². The summed E-state index contributed by atoms with van der Waals surface area (Å²) in [5.74, 6) is -0.390. The van der Waals surface area contributed by atoms with Gasteiger partial charge in [-0.25, -0.2) is 8.78 Å². The average molecular weight is 307 g/mol. The van der Waals surface area contributed by atoms with E-state index in [0.29, 0.717) is 5.02 Å². The number of aliphatic hydroxyl groups is 1. The number of halogens is 3. The van der Waals surface area contributed by atoms with Crippen LogP contribution in [0.1, 0.15) is 5.56 Å². The summed E-state index contributed by atoms with van der Waals surface area (Å²) in [6, 6.07) is 7.05. The van der Waals surface area contributed by atoms with Gasteiger partial charge in [-0.05, 0) is 11.6 Å². The topological polar surface area (TPSA) is 52.6 Å². The van der Waals surface area contributed by atoms with Crippen LogP contribution in [-0.2, 0) is 11.3 Å². The Balaban J connectivity index is 2.43. The average Bonchev–Trinajstić information content (AvgIpc) is 2.37. The molecule has 2 N–H and O–H groups in total. The van der Waals surface area contributed by atoms with Crippen LogP contribution in [0, 0.1) is 0 Å². The van der Waals surface area contributed by atoms with Crippen LogP contribution in [0.2, 0.25) is 5.02 Å². The van der Waals surface area contributed by atoms with Crippen LogP contribution in [-0.4, -0.2) is 48.6 Å². The maximum Gasteiger partial charge on any atom is 0.251 e. The van der Waals surface area contributed by atoms with E-state index in [-0.39, 0.29) is 32.1 Å². The number of carbonyl (C=O) groups is 1. The van der Waals surface area contributed by atoms with Crippen molar-refractivity contribution in [3.8, 4) is 0 Å². The first-order valence-electron chi connectivity index (χ1n) is 6.14. The van der Waals surface area contributed by atoms with Gasteiger partial charge in [-0.2, -0.15) is 0 Å². The molecule has 0 saturated carbocycles. The van der Waals surface area contributed by atoms with Crippen LogP contribution >= 0.6 is 11.6 Å². The fourth-order valence-corrected chi connectivity index (χ4v) is 1.87. The number of alkyl halides is 2. The monoisotopic (exact) mass is 306 g/mol. The zero-order chi connectivity index (χ0) is 15.0. The highest BCUT2D eigenvalue weighted by Crippen LogP contribution is 2.14. The van der Waals surface area contributed by atoms with Crippen molar-refractivity contribution in [2.24, 2.45) is 0 Å². The molecule has 1 aromatic rings. The van der Waals surface area contributed by atoms with Crippen molar-refractivity contribution < 1.29 is 18.7 Å². The van der Waals surface area contributed by atoms with Gasteiger partial charge in [-0.15, -0.1) is 0 Å². The highest BCUT2D eigenvalue weighted by atomic mass is 35.5. The second kappa shape index (κ2) is 8.84. The van der Waals surface area contributed by atoms with E-state index in [4.69, 9.17) is 16.7 Å². The van der Waals surface area contributed by atoms with Crippen LogP contribution in [0.5, 0.6) is 0 Å². The van der Waals surface area contributed by atoms with E-state index in [0.717, 1.165) is 5.56 Å². The number of hydrogen-bond acceptors (Lipinski definition) is 3. The van der Waals surface area contributed by atoms with Crippen LogP contribution in [0.15, 0.2) is 24.3 Å². The number of benzene rings is 1. The maximum absolute atomic E-state index is 12.3. The molecule has 0 heterocycles. The summed E-state index contributed by atoms with van der Waals surface area (Å²) in [6.07, 6.45) is -2.54. The third-order valence-electron chi connectivity index (χ3n) is 2.61. The van der Waals surface area contributed by atoms with E-state index in [2.05, 4.69) is 5.32 Å². The molecular formula is C13H17ClF2N2O2. The van der Waals surface area contributed by atoms with Gasteiger partial charge in [0.1, 0.15) is 0 Å². The molecule has 112 valence electrons. The lowest BCUT2D eigenvalue weighted by atomic mass is 10.2.